The normalized spacial score (nSPS) is 11.3. The lowest BCUT2D eigenvalue weighted by atomic mass is 10.2. The van der Waals surface area contributed by atoms with E-state index < -0.39 is 36.1 Å². The summed E-state index contributed by atoms with van der Waals surface area (Å²) in [4.78, 5) is 23.1. The Bertz CT molecular complexity index is 787. The Labute approximate surface area is 138 Å². The SMILES string of the molecule is Cn1ncc(C(=O)O)c1C(=O)NCCn1nc(C(F)F)cc1C(F)F. The van der Waals surface area contributed by atoms with Crippen LogP contribution in [0.25, 0.3) is 0 Å². The quantitative estimate of drug-likeness (QED) is 0.728. The Kier molecular flexibility index (Phi) is 5.39. The number of aryl methyl sites for hydroxylation is 1. The number of nitrogens with one attached hydrogen (secondary N) is 1. The molecule has 25 heavy (non-hydrogen) atoms. The number of rotatable bonds is 7. The number of aromatic nitrogens is 4. The molecule has 12 heteroatoms. The van der Waals surface area contributed by atoms with Crippen LogP contribution in [0.15, 0.2) is 12.3 Å². The van der Waals surface area contributed by atoms with Gasteiger partial charge in [-0.1, -0.05) is 0 Å². The van der Waals surface area contributed by atoms with Crippen LogP contribution in [0.4, 0.5) is 17.6 Å². The standard InChI is InChI=1S/C13H13F4N5O3/c1-21-9(6(5-19-21)13(24)25)12(23)18-2-3-22-8(11(16)17)4-7(20-22)10(14)15/h4-5,10-11H,2-3H2,1H3,(H,18,23)(H,24,25). The second-order valence-corrected chi connectivity index (χ2v) is 4.91. The summed E-state index contributed by atoms with van der Waals surface area (Å²) in [5, 5.41) is 18.3. The fraction of sp³-hybridized carbons (Fsp3) is 0.385. The summed E-state index contributed by atoms with van der Waals surface area (Å²) in [5.41, 5.74) is -2.04. The summed E-state index contributed by atoms with van der Waals surface area (Å²) in [6, 6.07) is 0.598. The van der Waals surface area contributed by atoms with Crippen molar-refractivity contribution in [3.05, 3.63) is 34.9 Å². The summed E-state index contributed by atoms with van der Waals surface area (Å²) in [5.74, 6) is -2.15. The van der Waals surface area contributed by atoms with Crippen molar-refractivity contribution in [2.75, 3.05) is 6.54 Å². The maximum Gasteiger partial charge on any atom is 0.339 e. The monoisotopic (exact) mass is 363 g/mol. The van der Waals surface area contributed by atoms with Gasteiger partial charge in [-0.3, -0.25) is 14.2 Å². The minimum atomic E-state index is -3.01. The number of carbonyl (C=O) groups excluding carboxylic acids is 1. The first-order valence-corrected chi connectivity index (χ1v) is 6.89. The third kappa shape index (κ3) is 3.95. The van der Waals surface area contributed by atoms with Gasteiger partial charge in [0.05, 0.1) is 12.7 Å². The van der Waals surface area contributed by atoms with E-state index in [1.165, 1.54) is 7.05 Å². The molecule has 1 amide bonds. The minimum Gasteiger partial charge on any atom is -0.478 e. The molecule has 0 radical (unpaired) electrons. The number of amides is 1. The van der Waals surface area contributed by atoms with Gasteiger partial charge < -0.3 is 10.4 Å². The van der Waals surface area contributed by atoms with E-state index in [1.807, 2.05) is 0 Å². The van der Waals surface area contributed by atoms with E-state index in [2.05, 4.69) is 15.5 Å². The Morgan fingerprint density at radius 2 is 1.96 bits per heavy atom. The predicted molar refractivity (Wildman–Crippen MR) is 74.6 cm³/mol. The first-order valence-electron chi connectivity index (χ1n) is 6.89. The molecule has 0 spiro atoms. The molecule has 0 aromatic carbocycles. The van der Waals surface area contributed by atoms with Gasteiger partial charge >= 0.3 is 5.97 Å². The zero-order valence-electron chi connectivity index (χ0n) is 12.8. The van der Waals surface area contributed by atoms with Crippen molar-refractivity contribution in [1.82, 2.24) is 24.9 Å². The molecule has 0 aliphatic rings. The highest BCUT2D eigenvalue weighted by Crippen LogP contribution is 2.24. The lowest BCUT2D eigenvalue weighted by molar-refractivity contribution is 0.0690. The maximum atomic E-state index is 12.8. The molecule has 0 fully saturated rings. The topological polar surface area (TPSA) is 102 Å². The van der Waals surface area contributed by atoms with Crippen molar-refractivity contribution >= 4 is 11.9 Å². The van der Waals surface area contributed by atoms with Crippen molar-refractivity contribution in [3.63, 3.8) is 0 Å². The molecule has 2 aromatic heterocycles. The highest BCUT2D eigenvalue weighted by atomic mass is 19.3. The molecule has 0 aliphatic carbocycles. The van der Waals surface area contributed by atoms with Gasteiger partial charge in [0.1, 0.15) is 22.6 Å². The van der Waals surface area contributed by atoms with Crippen LogP contribution in [0.3, 0.4) is 0 Å². The van der Waals surface area contributed by atoms with Gasteiger partial charge in [-0.2, -0.15) is 10.2 Å². The zero-order chi connectivity index (χ0) is 18.7. The molecule has 136 valence electrons. The summed E-state index contributed by atoms with van der Waals surface area (Å²) >= 11 is 0. The molecule has 0 bridgehead atoms. The van der Waals surface area contributed by atoms with Crippen LogP contribution in [-0.4, -0.2) is 43.1 Å². The number of hydrogen-bond donors (Lipinski definition) is 2. The Balaban J connectivity index is 2.07. The summed E-state index contributed by atoms with van der Waals surface area (Å²) in [6.07, 6.45) is -5.01. The van der Waals surface area contributed by atoms with E-state index in [4.69, 9.17) is 5.11 Å². The number of nitrogens with zero attached hydrogens (tertiary/aromatic N) is 4. The average Bonchev–Trinajstić information content (AvgIpc) is 3.11. The van der Waals surface area contributed by atoms with E-state index >= 15 is 0 Å². The van der Waals surface area contributed by atoms with Crippen LogP contribution in [0.5, 0.6) is 0 Å². The van der Waals surface area contributed by atoms with Crippen molar-refractivity contribution < 1.29 is 32.3 Å². The van der Waals surface area contributed by atoms with Gasteiger partial charge in [0.15, 0.2) is 0 Å². The predicted octanol–water partition coefficient (Wildman–Crippen LogP) is 1.62. The highest BCUT2D eigenvalue weighted by Gasteiger charge is 2.23. The average molecular weight is 363 g/mol. The van der Waals surface area contributed by atoms with E-state index in [1.54, 1.807) is 0 Å². The number of alkyl halides is 4. The molecule has 2 aromatic rings. The third-order valence-electron chi connectivity index (χ3n) is 3.27. The molecule has 0 aliphatic heterocycles. The van der Waals surface area contributed by atoms with Crippen LogP contribution in [0.1, 0.15) is 45.1 Å². The van der Waals surface area contributed by atoms with Crippen LogP contribution in [0, 0.1) is 0 Å². The van der Waals surface area contributed by atoms with Crippen molar-refractivity contribution in [3.8, 4) is 0 Å². The molecule has 0 saturated heterocycles. The molecule has 2 rings (SSSR count). The number of halogens is 4. The van der Waals surface area contributed by atoms with Gasteiger partial charge in [0.2, 0.25) is 0 Å². The molecule has 8 nitrogen and oxygen atoms in total. The molecule has 2 N–H and O–H groups in total. The molecule has 2 heterocycles. The second-order valence-electron chi connectivity index (χ2n) is 4.91. The molecular formula is C13H13F4N5O3. The Morgan fingerprint density at radius 3 is 2.52 bits per heavy atom. The number of carboxylic acid groups (broad SMARTS) is 1. The molecule has 0 atom stereocenters. The summed E-state index contributed by atoms with van der Waals surface area (Å²) in [7, 11) is 1.36. The Morgan fingerprint density at radius 1 is 1.28 bits per heavy atom. The number of carbonyl (C=O) groups is 2. The van der Waals surface area contributed by atoms with Crippen molar-refractivity contribution in [1.29, 1.82) is 0 Å². The smallest absolute Gasteiger partial charge is 0.339 e. The first-order chi connectivity index (χ1) is 11.7. The van der Waals surface area contributed by atoms with Gasteiger partial charge in [-0.15, -0.1) is 0 Å². The van der Waals surface area contributed by atoms with Crippen molar-refractivity contribution in [2.45, 2.75) is 19.4 Å². The van der Waals surface area contributed by atoms with Crippen LogP contribution in [0.2, 0.25) is 0 Å². The molecular weight excluding hydrogens is 350 g/mol. The van der Waals surface area contributed by atoms with E-state index in [0.717, 1.165) is 10.9 Å². The number of carboxylic acids is 1. The number of aromatic carboxylic acids is 1. The fourth-order valence-electron chi connectivity index (χ4n) is 2.14. The maximum absolute atomic E-state index is 12.8. The first kappa shape index (κ1) is 18.4. The highest BCUT2D eigenvalue weighted by molar-refractivity contribution is 6.03. The van der Waals surface area contributed by atoms with Crippen LogP contribution >= 0.6 is 0 Å². The second kappa shape index (κ2) is 7.32. The zero-order valence-corrected chi connectivity index (χ0v) is 12.8. The molecule has 0 unspecified atom stereocenters. The van der Waals surface area contributed by atoms with Crippen LogP contribution in [-0.2, 0) is 13.6 Å². The largest absolute Gasteiger partial charge is 0.478 e. The van der Waals surface area contributed by atoms with Gasteiger partial charge in [-0.25, -0.2) is 22.4 Å². The fourth-order valence-corrected chi connectivity index (χ4v) is 2.14. The summed E-state index contributed by atoms with van der Waals surface area (Å²) < 4.78 is 52.5. The van der Waals surface area contributed by atoms with E-state index in [0.29, 0.717) is 10.7 Å². The number of hydrogen-bond acceptors (Lipinski definition) is 4. The molecule has 0 saturated carbocycles. The van der Waals surface area contributed by atoms with Crippen molar-refractivity contribution in [2.24, 2.45) is 7.05 Å². The van der Waals surface area contributed by atoms with E-state index in [-0.39, 0.29) is 24.3 Å². The Hall–Kier alpha value is -2.92. The van der Waals surface area contributed by atoms with E-state index in [9.17, 15) is 27.2 Å². The lowest BCUT2D eigenvalue weighted by Crippen LogP contribution is -2.30. The van der Waals surface area contributed by atoms with Gasteiger partial charge in [0.25, 0.3) is 18.8 Å². The van der Waals surface area contributed by atoms with Gasteiger partial charge in [0, 0.05) is 13.6 Å². The van der Waals surface area contributed by atoms with Crippen LogP contribution < -0.4 is 5.32 Å². The minimum absolute atomic E-state index is 0.227. The third-order valence-corrected chi connectivity index (χ3v) is 3.27. The lowest BCUT2D eigenvalue weighted by Gasteiger charge is -2.09. The van der Waals surface area contributed by atoms with Gasteiger partial charge in [-0.05, 0) is 6.07 Å². The summed E-state index contributed by atoms with van der Waals surface area (Å²) in [6.45, 7) is -0.522.